The monoisotopic (exact) mass is 305 g/mol. The van der Waals surface area contributed by atoms with Crippen molar-refractivity contribution in [2.24, 2.45) is 0 Å². The second-order valence-corrected chi connectivity index (χ2v) is 6.55. The molecule has 1 unspecified atom stereocenters. The van der Waals surface area contributed by atoms with Gasteiger partial charge in [0.15, 0.2) is 0 Å². The van der Waals surface area contributed by atoms with Crippen LogP contribution in [0.1, 0.15) is 45.2 Å². The van der Waals surface area contributed by atoms with Crippen LogP contribution in [0.3, 0.4) is 0 Å². The first kappa shape index (κ1) is 18.0. The number of anilines is 1. The van der Waals surface area contributed by atoms with Crippen molar-refractivity contribution in [3.8, 4) is 0 Å². The number of amides is 1. The highest BCUT2D eigenvalue weighted by atomic mass is 16.6. The Labute approximate surface area is 133 Å². The highest BCUT2D eigenvalue weighted by Crippen LogP contribution is 2.14. The maximum Gasteiger partial charge on any atom is 0.410 e. The van der Waals surface area contributed by atoms with Crippen LogP contribution in [0.4, 0.5) is 10.6 Å². The Hall–Kier alpha value is -2.04. The molecular formula is C17H27N3O2. The predicted molar refractivity (Wildman–Crippen MR) is 90.5 cm³/mol. The molecule has 2 N–H and O–H groups in total. The van der Waals surface area contributed by atoms with Crippen molar-refractivity contribution in [3.63, 3.8) is 0 Å². The molecule has 122 valence electrons. The van der Waals surface area contributed by atoms with E-state index in [0.717, 1.165) is 17.5 Å². The summed E-state index contributed by atoms with van der Waals surface area (Å²) >= 11 is 0. The minimum absolute atomic E-state index is 0.0499. The number of hydrogen-bond acceptors (Lipinski definition) is 4. The predicted octanol–water partition coefficient (Wildman–Crippen LogP) is 3.63. The number of rotatable bonds is 4. The summed E-state index contributed by atoms with van der Waals surface area (Å²) in [4.78, 5) is 17.7. The van der Waals surface area contributed by atoms with Crippen molar-refractivity contribution in [1.82, 2.24) is 9.88 Å². The van der Waals surface area contributed by atoms with Gasteiger partial charge in [0.25, 0.3) is 0 Å². The standard InChI is InChI=1S/C17H27N3O2/c1-12-10-14(11-19-15(12)18)9-7-8-13(2)20(6)16(21)22-17(3,4)5/h7,9-11,13H,8H2,1-6H3,(H2,18,19)/b9-7+. The zero-order chi connectivity index (χ0) is 16.9. The van der Waals surface area contributed by atoms with Crippen LogP contribution in [0.25, 0.3) is 6.08 Å². The Bertz CT molecular complexity index is 547. The molecule has 5 heteroatoms. The van der Waals surface area contributed by atoms with Gasteiger partial charge in [0.05, 0.1) is 0 Å². The molecule has 1 rings (SSSR count). The zero-order valence-electron chi connectivity index (χ0n) is 14.4. The molecule has 1 heterocycles. The molecule has 1 amide bonds. The van der Waals surface area contributed by atoms with E-state index in [1.54, 1.807) is 18.1 Å². The van der Waals surface area contributed by atoms with Crippen molar-refractivity contribution in [2.75, 3.05) is 12.8 Å². The quantitative estimate of drug-likeness (QED) is 0.922. The molecule has 1 aromatic heterocycles. The lowest BCUT2D eigenvalue weighted by molar-refractivity contribution is 0.0238. The number of hydrogen-bond donors (Lipinski definition) is 1. The van der Waals surface area contributed by atoms with Gasteiger partial charge in [-0.05, 0) is 58.2 Å². The first-order valence-corrected chi connectivity index (χ1v) is 7.44. The third-order valence-electron chi connectivity index (χ3n) is 3.27. The Morgan fingerprint density at radius 1 is 1.50 bits per heavy atom. The second-order valence-electron chi connectivity index (χ2n) is 6.55. The summed E-state index contributed by atoms with van der Waals surface area (Å²) in [6, 6.07) is 2.04. The third kappa shape index (κ3) is 5.76. The molecular weight excluding hydrogens is 278 g/mol. The molecule has 0 aliphatic carbocycles. The molecule has 0 saturated heterocycles. The number of nitrogens with zero attached hydrogens (tertiary/aromatic N) is 2. The Kier molecular flexibility index (Phi) is 5.97. The van der Waals surface area contributed by atoms with Gasteiger partial charge in [0.2, 0.25) is 0 Å². The molecule has 1 aromatic rings. The van der Waals surface area contributed by atoms with Crippen LogP contribution in [0, 0.1) is 6.92 Å². The second kappa shape index (κ2) is 7.29. The summed E-state index contributed by atoms with van der Waals surface area (Å²) in [5, 5.41) is 0. The number of aromatic nitrogens is 1. The minimum Gasteiger partial charge on any atom is -0.444 e. The first-order chi connectivity index (χ1) is 10.1. The largest absolute Gasteiger partial charge is 0.444 e. The van der Waals surface area contributed by atoms with E-state index in [-0.39, 0.29) is 12.1 Å². The van der Waals surface area contributed by atoms with Gasteiger partial charge in [-0.25, -0.2) is 9.78 Å². The average molecular weight is 305 g/mol. The molecule has 1 atom stereocenters. The molecule has 0 bridgehead atoms. The topological polar surface area (TPSA) is 68.5 Å². The van der Waals surface area contributed by atoms with Crippen LogP contribution < -0.4 is 5.73 Å². The normalized spacial score (nSPS) is 13.2. The van der Waals surface area contributed by atoms with Gasteiger partial charge in [0.1, 0.15) is 11.4 Å². The van der Waals surface area contributed by atoms with Gasteiger partial charge in [0, 0.05) is 19.3 Å². The van der Waals surface area contributed by atoms with Crippen molar-refractivity contribution in [3.05, 3.63) is 29.5 Å². The number of carbonyl (C=O) groups excluding carboxylic acids is 1. The summed E-state index contributed by atoms with van der Waals surface area (Å²) in [6.07, 6.45) is 6.18. The first-order valence-electron chi connectivity index (χ1n) is 7.44. The van der Waals surface area contributed by atoms with E-state index in [0.29, 0.717) is 5.82 Å². The molecule has 0 aliphatic heterocycles. The van der Waals surface area contributed by atoms with Crippen LogP contribution >= 0.6 is 0 Å². The third-order valence-corrected chi connectivity index (χ3v) is 3.27. The number of nitrogen functional groups attached to an aromatic ring is 1. The van der Waals surface area contributed by atoms with Gasteiger partial charge < -0.3 is 15.4 Å². The van der Waals surface area contributed by atoms with Gasteiger partial charge in [-0.15, -0.1) is 0 Å². The zero-order valence-corrected chi connectivity index (χ0v) is 14.4. The highest BCUT2D eigenvalue weighted by molar-refractivity contribution is 5.68. The molecule has 0 radical (unpaired) electrons. The maximum atomic E-state index is 12.0. The van der Waals surface area contributed by atoms with Gasteiger partial charge >= 0.3 is 6.09 Å². The molecule has 0 fully saturated rings. The molecule has 0 saturated carbocycles. The number of carbonyl (C=O) groups is 1. The summed E-state index contributed by atoms with van der Waals surface area (Å²) in [6.45, 7) is 9.50. The minimum atomic E-state index is -0.478. The van der Waals surface area contributed by atoms with E-state index in [4.69, 9.17) is 10.5 Å². The fraction of sp³-hybridized carbons (Fsp3) is 0.529. The van der Waals surface area contributed by atoms with E-state index in [1.165, 1.54) is 0 Å². The van der Waals surface area contributed by atoms with E-state index in [9.17, 15) is 4.79 Å². The van der Waals surface area contributed by atoms with Gasteiger partial charge in [-0.3, -0.25) is 0 Å². The summed E-state index contributed by atoms with van der Waals surface area (Å²) < 4.78 is 5.35. The van der Waals surface area contributed by atoms with Crippen molar-refractivity contribution >= 4 is 18.0 Å². The number of nitrogens with two attached hydrogens (primary N) is 1. The highest BCUT2D eigenvalue weighted by Gasteiger charge is 2.22. The van der Waals surface area contributed by atoms with E-state index in [1.807, 2.05) is 52.8 Å². The van der Waals surface area contributed by atoms with Crippen LogP contribution in [0.15, 0.2) is 18.3 Å². The van der Waals surface area contributed by atoms with Crippen LogP contribution in [0.2, 0.25) is 0 Å². The average Bonchev–Trinajstić information content (AvgIpc) is 2.39. The van der Waals surface area contributed by atoms with Crippen molar-refractivity contribution in [2.45, 2.75) is 52.7 Å². The SMILES string of the molecule is Cc1cc(/C=C/CC(C)N(C)C(=O)OC(C)(C)C)cnc1N. The van der Waals surface area contributed by atoms with Gasteiger partial charge in [-0.1, -0.05) is 12.2 Å². The lowest BCUT2D eigenvalue weighted by Crippen LogP contribution is -2.39. The van der Waals surface area contributed by atoms with Crippen LogP contribution in [0.5, 0.6) is 0 Å². The fourth-order valence-electron chi connectivity index (χ4n) is 1.77. The van der Waals surface area contributed by atoms with Crippen molar-refractivity contribution < 1.29 is 9.53 Å². The molecule has 0 aliphatic rings. The number of ether oxygens (including phenoxy) is 1. The molecule has 0 aromatic carbocycles. The lowest BCUT2D eigenvalue weighted by Gasteiger charge is -2.28. The Balaban J connectivity index is 2.57. The molecule has 0 spiro atoms. The molecule has 5 nitrogen and oxygen atoms in total. The summed E-state index contributed by atoms with van der Waals surface area (Å²) in [7, 11) is 1.75. The lowest BCUT2D eigenvalue weighted by atomic mass is 10.1. The smallest absolute Gasteiger partial charge is 0.410 e. The van der Waals surface area contributed by atoms with E-state index in [2.05, 4.69) is 4.98 Å². The Morgan fingerprint density at radius 3 is 2.68 bits per heavy atom. The van der Waals surface area contributed by atoms with E-state index < -0.39 is 5.60 Å². The number of pyridine rings is 1. The van der Waals surface area contributed by atoms with Crippen LogP contribution in [-0.4, -0.2) is 34.7 Å². The summed E-state index contributed by atoms with van der Waals surface area (Å²) in [5.74, 6) is 0.551. The van der Waals surface area contributed by atoms with Crippen molar-refractivity contribution in [1.29, 1.82) is 0 Å². The Morgan fingerprint density at radius 2 is 2.14 bits per heavy atom. The molecule has 22 heavy (non-hydrogen) atoms. The van der Waals surface area contributed by atoms with E-state index >= 15 is 0 Å². The van der Waals surface area contributed by atoms with Crippen LogP contribution in [-0.2, 0) is 4.74 Å². The summed E-state index contributed by atoms with van der Waals surface area (Å²) in [5.41, 5.74) is 7.18. The fourth-order valence-corrected chi connectivity index (χ4v) is 1.77. The maximum absolute atomic E-state index is 12.0. The van der Waals surface area contributed by atoms with Gasteiger partial charge in [-0.2, -0.15) is 0 Å². The number of aryl methyl sites for hydroxylation is 1.